The third-order valence-electron chi connectivity index (χ3n) is 3.25. The van der Waals surface area contributed by atoms with Crippen LogP contribution in [0.15, 0.2) is 24.5 Å². The predicted molar refractivity (Wildman–Crippen MR) is 74.1 cm³/mol. The van der Waals surface area contributed by atoms with Crippen molar-refractivity contribution in [3.63, 3.8) is 0 Å². The minimum absolute atomic E-state index is 0.349. The van der Waals surface area contributed by atoms with Crippen molar-refractivity contribution in [2.75, 3.05) is 13.1 Å². The van der Waals surface area contributed by atoms with E-state index in [-0.39, 0.29) is 5.92 Å². The standard InChI is InChI=1S/C14H19N3O2/c1-10(14(18)19)8-15-6-5-11-3-4-13-12(7-11)16-9-17(13)2/h3-4,7,9-10,15H,5-6,8H2,1-2H3,(H,18,19). The fourth-order valence-electron chi connectivity index (χ4n) is 1.98. The molecule has 0 bridgehead atoms. The third kappa shape index (κ3) is 3.32. The number of fused-ring (bicyclic) bond motifs is 1. The summed E-state index contributed by atoms with van der Waals surface area (Å²) in [4.78, 5) is 15.0. The van der Waals surface area contributed by atoms with Gasteiger partial charge in [0.15, 0.2) is 0 Å². The van der Waals surface area contributed by atoms with E-state index in [1.165, 1.54) is 5.56 Å². The van der Waals surface area contributed by atoms with Gasteiger partial charge in [0.2, 0.25) is 0 Å². The number of aromatic nitrogens is 2. The van der Waals surface area contributed by atoms with E-state index in [4.69, 9.17) is 5.11 Å². The van der Waals surface area contributed by atoms with Gasteiger partial charge in [0.05, 0.1) is 23.3 Å². The van der Waals surface area contributed by atoms with Crippen LogP contribution in [0.25, 0.3) is 11.0 Å². The van der Waals surface area contributed by atoms with Crippen LogP contribution in [0.4, 0.5) is 0 Å². The van der Waals surface area contributed by atoms with Gasteiger partial charge >= 0.3 is 5.97 Å². The number of carboxylic acids is 1. The number of nitrogens with zero attached hydrogens (tertiary/aromatic N) is 2. The van der Waals surface area contributed by atoms with Crippen LogP contribution in [0.2, 0.25) is 0 Å². The molecule has 2 rings (SSSR count). The van der Waals surface area contributed by atoms with Gasteiger partial charge in [-0.1, -0.05) is 13.0 Å². The Balaban J connectivity index is 1.86. The second kappa shape index (κ2) is 5.84. The zero-order valence-corrected chi connectivity index (χ0v) is 11.3. The van der Waals surface area contributed by atoms with Gasteiger partial charge < -0.3 is 15.0 Å². The lowest BCUT2D eigenvalue weighted by Crippen LogP contribution is -2.27. The summed E-state index contributed by atoms with van der Waals surface area (Å²) < 4.78 is 1.99. The second-order valence-electron chi connectivity index (χ2n) is 4.87. The first-order chi connectivity index (χ1) is 9.08. The molecule has 1 heterocycles. The van der Waals surface area contributed by atoms with Crippen LogP contribution in [0.3, 0.4) is 0 Å². The second-order valence-corrected chi connectivity index (χ2v) is 4.87. The maximum atomic E-state index is 10.7. The zero-order chi connectivity index (χ0) is 13.8. The Labute approximate surface area is 112 Å². The molecular formula is C14H19N3O2. The number of benzene rings is 1. The van der Waals surface area contributed by atoms with Crippen molar-refractivity contribution in [2.24, 2.45) is 13.0 Å². The molecule has 0 amide bonds. The fourth-order valence-corrected chi connectivity index (χ4v) is 1.98. The van der Waals surface area contributed by atoms with Gasteiger partial charge in [-0.3, -0.25) is 4.79 Å². The maximum Gasteiger partial charge on any atom is 0.307 e. The van der Waals surface area contributed by atoms with Crippen LogP contribution in [-0.2, 0) is 18.3 Å². The molecule has 0 spiro atoms. The molecule has 1 atom stereocenters. The molecule has 5 heteroatoms. The van der Waals surface area contributed by atoms with Crippen LogP contribution in [0.1, 0.15) is 12.5 Å². The topological polar surface area (TPSA) is 67.2 Å². The van der Waals surface area contributed by atoms with Gasteiger partial charge in [0, 0.05) is 13.6 Å². The summed E-state index contributed by atoms with van der Waals surface area (Å²) in [6.45, 7) is 2.98. The zero-order valence-electron chi connectivity index (χ0n) is 11.3. The molecule has 0 saturated heterocycles. The van der Waals surface area contributed by atoms with Crippen LogP contribution in [0, 0.1) is 5.92 Å². The molecule has 0 radical (unpaired) electrons. The van der Waals surface area contributed by atoms with Gasteiger partial charge in [-0.15, -0.1) is 0 Å². The van der Waals surface area contributed by atoms with E-state index in [9.17, 15) is 4.79 Å². The highest BCUT2D eigenvalue weighted by Crippen LogP contribution is 2.13. The number of nitrogens with one attached hydrogen (secondary N) is 1. The normalized spacial score (nSPS) is 12.7. The summed E-state index contributed by atoms with van der Waals surface area (Å²) in [7, 11) is 1.98. The van der Waals surface area contributed by atoms with Crippen molar-refractivity contribution in [3.05, 3.63) is 30.1 Å². The molecule has 19 heavy (non-hydrogen) atoms. The Morgan fingerprint density at radius 2 is 2.32 bits per heavy atom. The van der Waals surface area contributed by atoms with Crippen molar-refractivity contribution in [1.29, 1.82) is 0 Å². The van der Waals surface area contributed by atoms with Crippen molar-refractivity contribution in [3.8, 4) is 0 Å². The molecule has 0 aliphatic heterocycles. The molecule has 1 aromatic heterocycles. The molecule has 0 fully saturated rings. The number of carboxylic acid groups (broad SMARTS) is 1. The number of rotatable bonds is 6. The molecule has 2 N–H and O–H groups in total. The smallest absolute Gasteiger partial charge is 0.307 e. The van der Waals surface area contributed by atoms with Gasteiger partial charge in [0.1, 0.15) is 0 Å². The third-order valence-corrected chi connectivity index (χ3v) is 3.25. The molecule has 1 aromatic carbocycles. The van der Waals surface area contributed by atoms with E-state index >= 15 is 0 Å². The average Bonchev–Trinajstić information content (AvgIpc) is 2.75. The first-order valence-electron chi connectivity index (χ1n) is 6.41. The SMILES string of the molecule is CC(CNCCc1ccc2c(c1)ncn2C)C(=O)O. The predicted octanol–water partition coefficient (Wildman–Crippen LogP) is 1.43. The Morgan fingerprint density at radius 1 is 1.53 bits per heavy atom. The van der Waals surface area contributed by atoms with Crippen LogP contribution < -0.4 is 5.32 Å². The average molecular weight is 261 g/mol. The molecule has 0 saturated carbocycles. The van der Waals surface area contributed by atoms with E-state index in [2.05, 4.69) is 28.5 Å². The van der Waals surface area contributed by atoms with E-state index in [1.54, 1.807) is 13.3 Å². The molecule has 0 aliphatic rings. The quantitative estimate of drug-likeness (QED) is 0.772. The highest BCUT2D eigenvalue weighted by atomic mass is 16.4. The van der Waals surface area contributed by atoms with E-state index in [0.29, 0.717) is 6.54 Å². The van der Waals surface area contributed by atoms with E-state index in [1.807, 2.05) is 11.6 Å². The van der Waals surface area contributed by atoms with E-state index in [0.717, 1.165) is 24.0 Å². The summed E-state index contributed by atoms with van der Waals surface area (Å²) in [5.74, 6) is -1.11. The molecule has 102 valence electrons. The van der Waals surface area contributed by atoms with Crippen molar-refractivity contribution < 1.29 is 9.90 Å². The Bertz CT molecular complexity index is 577. The lowest BCUT2D eigenvalue weighted by atomic mass is 10.1. The summed E-state index contributed by atoms with van der Waals surface area (Å²) in [5, 5.41) is 11.9. The van der Waals surface area contributed by atoms with Crippen molar-refractivity contribution in [2.45, 2.75) is 13.3 Å². The van der Waals surface area contributed by atoms with Crippen LogP contribution in [-0.4, -0.2) is 33.7 Å². The Morgan fingerprint density at radius 3 is 3.05 bits per heavy atom. The number of carbonyl (C=O) groups is 1. The fraction of sp³-hybridized carbons (Fsp3) is 0.429. The summed E-state index contributed by atoms with van der Waals surface area (Å²) in [5.41, 5.74) is 3.33. The lowest BCUT2D eigenvalue weighted by Gasteiger charge is -2.08. The monoisotopic (exact) mass is 261 g/mol. The number of aryl methyl sites for hydroxylation is 1. The Kier molecular flexibility index (Phi) is 4.16. The number of hydrogen-bond donors (Lipinski definition) is 2. The highest BCUT2D eigenvalue weighted by Gasteiger charge is 2.09. The molecule has 2 aromatic rings. The van der Waals surface area contributed by atoms with Crippen molar-refractivity contribution >= 4 is 17.0 Å². The number of hydrogen-bond acceptors (Lipinski definition) is 3. The first-order valence-corrected chi connectivity index (χ1v) is 6.41. The molecule has 1 unspecified atom stereocenters. The van der Waals surface area contributed by atoms with Crippen LogP contribution >= 0.6 is 0 Å². The van der Waals surface area contributed by atoms with Gasteiger partial charge in [0.25, 0.3) is 0 Å². The Hall–Kier alpha value is -1.88. The molecule has 5 nitrogen and oxygen atoms in total. The minimum atomic E-state index is -0.762. The summed E-state index contributed by atoms with van der Waals surface area (Å²) in [6, 6.07) is 6.24. The largest absolute Gasteiger partial charge is 0.481 e. The minimum Gasteiger partial charge on any atom is -0.481 e. The van der Waals surface area contributed by atoms with Gasteiger partial charge in [-0.2, -0.15) is 0 Å². The van der Waals surface area contributed by atoms with Crippen LogP contribution in [0.5, 0.6) is 0 Å². The summed E-state index contributed by atoms with van der Waals surface area (Å²) >= 11 is 0. The van der Waals surface area contributed by atoms with Crippen molar-refractivity contribution in [1.82, 2.24) is 14.9 Å². The number of aliphatic carboxylic acids is 1. The van der Waals surface area contributed by atoms with Gasteiger partial charge in [-0.05, 0) is 30.7 Å². The lowest BCUT2D eigenvalue weighted by molar-refractivity contribution is -0.140. The van der Waals surface area contributed by atoms with E-state index < -0.39 is 5.97 Å². The summed E-state index contributed by atoms with van der Waals surface area (Å²) in [6.07, 6.45) is 2.68. The highest BCUT2D eigenvalue weighted by molar-refractivity contribution is 5.75. The molecular weight excluding hydrogens is 242 g/mol. The maximum absolute atomic E-state index is 10.7. The first kappa shape index (κ1) is 13.5. The van der Waals surface area contributed by atoms with Gasteiger partial charge in [-0.25, -0.2) is 4.98 Å². The number of imidazole rings is 1. The molecule has 0 aliphatic carbocycles.